The molecular weight excluding hydrogens is 246 g/mol. The van der Waals surface area contributed by atoms with Gasteiger partial charge in [-0.05, 0) is 17.2 Å². The molecule has 2 aromatic rings. The summed E-state index contributed by atoms with van der Waals surface area (Å²) in [5, 5.41) is 10.5. The molecule has 2 atom stereocenters. The van der Waals surface area contributed by atoms with E-state index in [-0.39, 0.29) is 6.04 Å². The van der Waals surface area contributed by atoms with Gasteiger partial charge in [0.2, 0.25) is 0 Å². The number of hydrogen-bond acceptors (Lipinski definition) is 1. The number of hydrogen-bond donors (Lipinski definition) is 1. The van der Waals surface area contributed by atoms with E-state index in [0.717, 1.165) is 18.5 Å². The van der Waals surface area contributed by atoms with E-state index in [2.05, 4.69) is 42.0 Å². The van der Waals surface area contributed by atoms with Gasteiger partial charge in [0.1, 0.15) is 12.6 Å². The van der Waals surface area contributed by atoms with Crippen molar-refractivity contribution in [2.45, 2.75) is 25.5 Å². The fourth-order valence-corrected chi connectivity index (χ4v) is 2.81. The van der Waals surface area contributed by atoms with Crippen molar-refractivity contribution < 1.29 is 9.68 Å². The largest absolute Gasteiger partial charge is 0.381 e. The molecule has 20 heavy (non-hydrogen) atoms. The Labute approximate surface area is 120 Å². The van der Waals surface area contributed by atoms with Crippen LogP contribution in [-0.2, 0) is 6.42 Å². The molecule has 1 aliphatic heterocycles. The van der Waals surface area contributed by atoms with E-state index in [1.165, 1.54) is 11.1 Å². The van der Waals surface area contributed by atoms with Crippen LogP contribution in [0.25, 0.3) is 0 Å². The van der Waals surface area contributed by atoms with Crippen LogP contribution in [0, 0.1) is 0 Å². The Balaban J connectivity index is 1.85. The summed E-state index contributed by atoms with van der Waals surface area (Å²) in [5.41, 5.74) is 3.64. The number of rotatable bonds is 3. The normalized spacial score (nSPS) is 17.0. The summed E-state index contributed by atoms with van der Waals surface area (Å²) in [7, 11) is 0. The molecule has 1 heterocycles. The highest BCUT2D eigenvalue weighted by Crippen LogP contribution is 2.21. The summed E-state index contributed by atoms with van der Waals surface area (Å²) < 4.78 is 2.25. The van der Waals surface area contributed by atoms with Gasteiger partial charge < -0.3 is 5.11 Å². The molecule has 0 saturated carbocycles. The highest BCUT2D eigenvalue weighted by molar-refractivity contribution is 5.78. The maximum absolute atomic E-state index is 10.5. The van der Waals surface area contributed by atoms with Crippen molar-refractivity contribution in [3.05, 3.63) is 71.3 Å². The average Bonchev–Trinajstić information content (AvgIpc) is 2.54. The van der Waals surface area contributed by atoms with E-state index in [0.29, 0.717) is 0 Å². The average molecular weight is 266 g/mol. The van der Waals surface area contributed by atoms with Gasteiger partial charge in [0.25, 0.3) is 0 Å². The monoisotopic (exact) mass is 266 g/mol. The maximum Gasteiger partial charge on any atom is 0.179 e. The van der Waals surface area contributed by atoms with Crippen LogP contribution in [0.15, 0.2) is 54.6 Å². The lowest BCUT2D eigenvalue weighted by atomic mass is 9.99. The minimum Gasteiger partial charge on any atom is -0.381 e. The van der Waals surface area contributed by atoms with Crippen molar-refractivity contribution >= 4 is 6.21 Å². The van der Waals surface area contributed by atoms with Gasteiger partial charge in [-0.15, -0.1) is 0 Å². The van der Waals surface area contributed by atoms with E-state index in [1.54, 1.807) is 0 Å². The predicted molar refractivity (Wildman–Crippen MR) is 81.3 cm³/mol. The van der Waals surface area contributed by atoms with E-state index >= 15 is 0 Å². The molecule has 0 aliphatic carbocycles. The van der Waals surface area contributed by atoms with Gasteiger partial charge >= 0.3 is 0 Å². The van der Waals surface area contributed by atoms with Crippen LogP contribution < -0.4 is 0 Å². The number of nitrogens with zero attached hydrogens (tertiary/aromatic N) is 1. The summed E-state index contributed by atoms with van der Waals surface area (Å²) in [4.78, 5) is 0. The summed E-state index contributed by atoms with van der Waals surface area (Å²) in [5.74, 6) is 0. The van der Waals surface area contributed by atoms with Crippen molar-refractivity contribution in [2.24, 2.45) is 0 Å². The molecule has 3 rings (SSSR count). The Morgan fingerprint density at radius 2 is 1.70 bits per heavy atom. The molecule has 0 aromatic heterocycles. The molecule has 0 amide bonds. The summed E-state index contributed by atoms with van der Waals surface area (Å²) in [6, 6.07) is 18.4. The molecule has 0 unspecified atom stereocenters. The number of aliphatic hydroxyl groups is 1. The Morgan fingerprint density at radius 3 is 2.50 bits per heavy atom. The third-order valence-corrected chi connectivity index (χ3v) is 4.12. The van der Waals surface area contributed by atoms with Crippen LogP contribution in [0.3, 0.4) is 0 Å². The van der Waals surface area contributed by atoms with E-state index in [1.807, 2.05) is 30.3 Å². The van der Waals surface area contributed by atoms with Crippen molar-refractivity contribution in [2.75, 3.05) is 6.54 Å². The second-order valence-corrected chi connectivity index (χ2v) is 5.41. The van der Waals surface area contributed by atoms with Crippen LogP contribution >= 0.6 is 0 Å². The lowest BCUT2D eigenvalue weighted by Gasteiger charge is -2.21. The third-order valence-electron chi connectivity index (χ3n) is 4.12. The van der Waals surface area contributed by atoms with Crippen molar-refractivity contribution in [1.82, 2.24) is 0 Å². The molecular formula is C18H20NO+. The molecule has 2 aromatic carbocycles. The van der Waals surface area contributed by atoms with Crippen LogP contribution in [0.1, 0.15) is 29.7 Å². The molecule has 0 radical (unpaired) electrons. The van der Waals surface area contributed by atoms with Crippen molar-refractivity contribution in [1.29, 1.82) is 0 Å². The number of fused-ring (bicyclic) bond motifs is 1. The van der Waals surface area contributed by atoms with Gasteiger partial charge in [0.05, 0.1) is 0 Å². The Morgan fingerprint density at radius 1 is 1.00 bits per heavy atom. The SMILES string of the molecule is C[C@H]([C@@H](O)c1ccccc1)[N+]1=Cc2ccccc2CC1. The van der Waals surface area contributed by atoms with Gasteiger partial charge in [-0.2, -0.15) is 0 Å². The van der Waals surface area contributed by atoms with Crippen molar-refractivity contribution in [3.8, 4) is 0 Å². The maximum atomic E-state index is 10.5. The highest BCUT2D eigenvalue weighted by atomic mass is 16.3. The molecule has 0 spiro atoms. The summed E-state index contributed by atoms with van der Waals surface area (Å²) >= 11 is 0. The highest BCUT2D eigenvalue weighted by Gasteiger charge is 2.28. The quantitative estimate of drug-likeness (QED) is 0.848. The smallest absolute Gasteiger partial charge is 0.179 e. The first-order valence-corrected chi connectivity index (χ1v) is 7.17. The number of benzene rings is 2. The first-order chi connectivity index (χ1) is 9.75. The first-order valence-electron chi connectivity index (χ1n) is 7.17. The number of aliphatic hydroxyl groups excluding tert-OH is 1. The molecule has 0 saturated heterocycles. The van der Waals surface area contributed by atoms with Gasteiger partial charge in [0.15, 0.2) is 12.3 Å². The molecule has 102 valence electrons. The van der Waals surface area contributed by atoms with E-state index < -0.39 is 6.10 Å². The zero-order chi connectivity index (χ0) is 13.9. The molecule has 1 aliphatic rings. The Hall–Kier alpha value is -1.93. The second kappa shape index (κ2) is 5.59. The van der Waals surface area contributed by atoms with Gasteiger partial charge in [0, 0.05) is 18.9 Å². The van der Waals surface area contributed by atoms with Crippen LogP contribution in [0.2, 0.25) is 0 Å². The predicted octanol–water partition coefficient (Wildman–Crippen LogP) is 2.80. The lowest BCUT2D eigenvalue weighted by molar-refractivity contribution is -0.570. The molecule has 0 bridgehead atoms. The summed E-state index contributed by atoms with van der Waals surface area (Å²) in [6.45, 7) is 3.05. The van der Waals surface area contributed by atoms with E-state index in [9.17, 15) is 5.11 Å². The van der Waals surface area contributed by atoms with Crippen LogP contribution in [0.4, 0.5) is 0 Å². The van der Waals surface area contributed by atoms with Gasteiger partial charge in [-0.1, -0.05) is 48.5 Å². The third kappa shape index (κ3) is 2.52. The molecule has 2 heteroatoms. The van der Waals surface area contributed by atoms with E-state index in [4.69, 9.17) is 0 Å². The summed E-state index contributed by atoms with van der Waals surface area (Å²) in [6.07, 6.45) is 2.76. The molecule has 2 nitrogen and oxygen atoms in total. The lowest BCUT2D eigenvalue weighted by Crippen LogP contribution is -2.34. The zero-order valence-electron chi connectivity index (χ0n) is 11.7. The topological polar surface area (TPSA) is 23.2 Å². The van der Waals surface area contributed by atoms with Crippen LogP contribution in [-0.4, -0.2) is 28.5 Å². The minimum atomic E-state index is -0.460. The van der Waals surface area contributed by atoms with Gasteiger partial charge in [-0.3, -0.25) is 0 Å². The fraction of sp³-hybridized carbons (Fsp3) is 0.278. The Kier molecular flexibility index (Phi) is 3.66. The first kappa shape index (κ1) is 13.1. The molecule has 0 fully saturated rings. The van der Waals surface area contributed by atoms with Crippen molar-refractivity contribution in [3.63, 3.8) is 0 Å². The standard InChI is InChI=1S/C18H20NO/c1-14(18(20)16-8-3-2-4-9-16)19-12-11-15-7-5-6-10-17(15)13-19/h2-10,13-14,18,20H,11-12H2,1H3/q+1/t14-,18-/m1/s1. The Bertz CT molecular complexity index is 618. The minimum absolute atomic E-state index is 0.0748. The van der Waals surface area contributed by atoms with Gasteiger partial charge in [-0.25, -0.2) is 4.58 Å². The molecule has 1 N–H and O–H groups in total. The van der Waals surface area contributed by atoms with Crippen LogP contribution in [0.5, 0.6) is 0 Å². The zero-order valence-corrected chi connectivity index (χ0v) is 11.7. The second-order valence-electron chi connectivity index (χ2n) is 5.41. The fourth-order valence-electron chi connectivity index (χ4n) is 2.81.